The molecule has 2 heterocycles. The summed E-state index contributed by atoms with van der Waals surface area (Å²) in [6.07, 6.45) is 0. The van der Waals surface area contributed by atoms with Crippen molar-refractivity contribution in [1.29, 1.82) is 0 Å². The van der Waals surface area contributed by atoms with Gasteiger partial charge in [0.1, 0.15) is 5.82 Å². The monoisotopic (exact) mass is 401 g/mol. The predicted octanol–water partition coefficient (Wildman–Crippen LogP) is 1.78. The summed E-state index contributed by atoms with van der Waals surface area (Å²) in [5, 5.41) is 2.77. The minimum Gasteiger partial charge on any atom is -0.378 e. The van der Waals surface area contributed by atoms with Crippen LogP contribution in [0.25, 0.3) is 0 Å². The number of aromatic nitrogens is 2. The lowest BCUT2D eigenvalue weighted by molar-refractivity contribution is -0.116. The normalized spacial score (nSPS) is 13.9. The standard InChI is InChI=1S/C20H24FN5O3/c1-13-18(14(2)23-20(22-13)26-8-10-29-11-9-26)24-17(27)12-25(3)19(28)15-6-4-5-7-16(15)21/h4-7H,8-12H2,1-3H3,(H,24,27). The SMILES string of the molecule is Cc1nc(N2CCOCC2)nc(C)c1NC(=O)CN(C)C(=O)c1ccccc1F. The average Bonchev–Trinajstić information content (AvgIpc) is 2.71. The fraction of sp³-hybridized carbons (Fsp3) is 0.400. The van der Waals surface area contributed by atoms with E-state index in [-0.39, 0.29) is 12.1 Å². The van der Waals surface area contributed by atoms with Crippen LogP contribution in [0.2, 0.25) is 0 Å². The van der Waals surface area contributed by atoms with Gasteiger partial charge in [0.15, 0.2) is 0 Å². The van der Waals surface area contributed by atoms with Crippen molar-refractivity contribution in [2.24, 2.45) is 0 Å². The molecular formula is C20H24FN5O3. The minimum absolute atomic E-state index is 0.0756. The minimum atomic E-state index is -0.622. The van der Waals surface area contributed by atoms with Crippen molar-refractivity contribution in [3.63, 3.8) is 0 Å². The van der Waals surface area contributed by atoms with Gasteiger partial charge in [-0.1, -0.05) is 12.1 Å². The number of carbonyl (C=O) groups excluding carboxylic acids is 2. The summed E-state index contributed by atoms with van der Waals surface area (Å²) >= 11 is 0. The van der Waals surface area contributed by atoms with E-state index in [9.17, 15) is 14.0 Å². The van der Waals surface area contributed by atoms with Crippen LogP contribution >= 0.6 is 0 Å². The maximum Gasteiger partial charge on any atom is 0.257 e. The molecule has 9 heteroatoms. The summed E-state index contributed by atoms with van der Waals surface area (Å²) in [5.41, 5.74) is 1.71. The third-order valence-electron chi connectivity index (χ3n) is 4.65. The summed E-state index contributed by atoms with van der Waals surface area (Å²) < 4.78 is 19.1. The Morgan fingerprint density at radius 3 is 2.41 bits per heavy atom. The Balaban J connectivity index is 1.67. The Morgan fingerprint density at radius 2 is 1.79 bits per heavy atom. The maximum atomic E-state index is 13.8. The smallest absolute Gasteiger partial charge is 0.257 e. The van der Waals surface area contributed by atoms with Crippen LogP contribution < -0.4 is 10.2 Å². The third kappa shape index (κ3) is 4.86. The van der Waals surface area contributed by atoms with Gasteiger partial charge in [0, 0.05) is 20.1 Å². The number of rotatable bonds is 5. The van der Waals surface area contributed by atoms with E-state index in [0.717, 1.165) is 0 Å². The second-order valence-electron chi connectivity index (χ2n) is 6.86. The number of anilines is 2. The summed E-state index contributed by atoms with van der Waals surface area (Å²) in [5.74, 6) is -0.992. The van der Waals surface area contributed by atoms with E-state index < -0.39 is 17.6 Å². The highest BCUT2D eigenvalue weighted by molar-refractivity contribution is 5.99. The van der Waals surface area contributed by atoms with E-state index >= 15 is 0 Å². The van der Waals surface area contributed by atoms with Crippen LogP contribution in [0.5, 0.6) is 0 Å². The van der Waals surface area contributed by atoms with Gasteiger partial charge in [-0.3, -0.25) is 9.59 Å². The van der Waals surface area contributed by atoms with Crippen LogP contribution in [0.4, 0.5) is 16.0 Å². The number of hydrogen-bond acceptors (Lipinski definition) is 6. The van der Waals surface area contributed by atoms with Crippen LogP contribution in [0.15, 0.2) is 24.3 Å². The Labute approximate surface area is 168 Å². The van der Waals surface area contributed by atoms with Gasteiger partial charge in [0.2, 0.25) is 11.9 Å². The summed E-state index contributed by atoms with van der Waals surface area (Å²) in [6.45, 7) is 6.05. The van der Waals surface area contributed by atoms with Crippen LogP contribution in [0.3, 0.4) is 0 Å². The fourth-order valence-electron chi connectivity index (χ4n) is 3.09. The molecule has 1 saturated heterocycles. The molecule has 1 aromatic carbocycles. The van der Waals surface area contributed by atoms with Gasteiger partial charge in [0.25, 0.3) is 5.91 Å². The van der Waals surface area contributed by atoms with Crippen LogP contribution in [0.1, 0.15) is 21.7 Å². The summed E-state index contributed by atoms with van der Waals surface area (Å²) in [6, 6.07) is 5.68. The molecule has 1 N–H and O–H groups in total. The highest BCUT2D eigenvalue weighted by atomic mass is 19.1. The fourth-order valence-corrected chi connectivity index (χ4v) is 3.09. The molecule has 1 fully saturated rings. The van der Waals surface area contributed by atoms with E-state index in [2.05, 4.69) is 15.3 Å². The number of nitrogens with one attached hydrogen (secondary N) is 1. The molecule has 8 nitrogen and oxygen atoms in total. The van der Waals surface area contributed by atoms with Crippen molar-refractivity contribution in [2.45, 2.75) is 13.8 Å². The molecule has 1 aliphatic rings. The van der Waals surface area contributed by atoms with Gasteiger partial charge in [-0.15, -0.1) is 0 Å². The molecule has 0 radical (unpaired) electrons. The van der Waals surface area contributed by atoms with Crippen LogP contribution in [0, 0.1) is 19.7 Å². The molecule has 0 bridgehead atoms. The maximum absolute atomic E-state index is 13.8. The second-order valence-corrected chi connectivity index (χ2v) is 6.86. The molecule has 3 rings (SSSR count). The van der Waals surface area contributed by atoms with E-state index in [0.29, 0.717) is 49.3 Å². The number of benzene rings is 1. The predicted molar refractivity (Wildman–Crippen MR) is 107 cm³/mol. The van der Waals surface area contributed by atoms with Crippen molar-refractivity contribution in [1.82, 2.24) is 14.9 Å². The zero-order chi connectivity index (χ0) is 21.0. The molecule has 29 heavy (non-hydrogen) atoms. The third-order valence-corrected chi connectivity index (χ3v) is 4.65. The van der Waals surface area contributed by atoms with E-state index in [4.69, 9.17) is 4.74 Å². The second kappa shape index (κ2) is 8.95. The summed E-state index contributed by atoms with van der Waals surface area (Å²) in [7, 11) is 1.45. The topological polar surface area (TPSA) is 87.7 Å². The van der Waals surface area contributed by atoms with Gasteiger partial charge in [-0.05, 0) is 26.0 Å². The molecule has 1 aliphatic heterocycles. The zero-order valence-electron chi connectivity index (χ0n) is 16.7. The Hall–Kier alpha value is -3.07. The first-order valence-corrected chi connectivity index (χ1v) is 9.34. The number of amides is 2. The zero-order valence-corrected chi connectivity index (χ0v) is 16.7. The lowest BCUT2D eigenvalue weighted by atomic mass is 10.2. The van der Waals surface area contributed by atoms with Crippen molar-refractivity contribution < 1.29 is 18.7 Å². The molecular weight excluding hydrogens is 377 g/mol. The van der Waals surface area contributed by atoms with Crippen LogP contribution in [-0.2, 0) is 9.53 Å². The van der Waals surface area contributed by atoms with Crippen molar-refractivity contribution >= 4 is 23.5 Å². The van der Waals surface area contributed by atoms with Gasteiger partial charge in [0.05, 0.1) is 42.4 Å². The molecule has 0 unspecified atom stereocenters. The van der Waals surface area contributed by atoms with Gasteiger partial charge in [-0.2, -0.15) is 0 Å². The number of halogens is 1. The average molecular weight is 401 g/mol. The van der Waals surface area contributed by atoms with E-state index in [1.165, 1.54) is 30.1 Å². The largest absolute Gasteiger partial charge is 0.378 e. The highest BCUT2D eigenvalue weighted by Gasteiger charge is 2.20. The number of nitrogens with zero attached hydrogens (tertiary/aromatic N) is 4. The molecule has 1 aromatic heterocycles. The van der Waals surface area contributed by atoms with Gasteiger partial charge in [-0.25, -0.2) is 14.4 Å². The Morgan fingerprint density at radius 1 is 1.17 bits per heavy atom. The molecule has 0 spiro atoms. The lowest BCUT2D eigenvalue weighted by Gasteiger charge is -2.27. The number of aryl methyl sites for hydroxylation is 2. The van der Waals surface area contributed by atoms with Crippen molar-refractivity contribution in [2.75, 3.05) is 50.1 Å². The molecule has 0 aliphatic carbocycles. The van der Waals surface area contributed by atoms with Gasteiger partial charge >= 0.3 is 0 Å². The van der Waals surface area contributed by atoms with E-state index in [1.807, 2.05) is 4.90 Å². The number of morpholine rings is 1. The number of likely N-dealkylation sites (N-methyl/N-ethyl adjacent to an activating group) is 1. The molecule has 2 amide bonds. The van der Waals surface area contributed by atoms with Crippen LogP contribution in [-0.4, -0.2) is 66.6 Å². The Kier molecular flexibility index (Phi) is 6.38. The number of ether oxygens (including phenoxy) is 1. The molecule has 0 atom stereocenters. The number of hydrogen-bond donors (Lipinski definition) is 1. The first-order valence-electron chi connectivity index (χ1n) is 9.34. The quantitative estimate of drug-likeness (QED) is 0.822. The van der Waals surface area contributed by atoms with Crippen molar-refractivity contribution in [3.05, 3.63) is 47.0 Å². The Bertz CT molecular complexity index is 892. The molecule has 2 aromatic rings. The molecule has 154 valence electrons. The number of carbonyl (C=O) groups is 2. The molecule has 0 saturated carbocycles. The first kappa shape index (κ1) is 20.7. The first-order chi connectivity index (χ1) is 13.9. The highest BCUT2D eigenvalue weighted by Crippen LogP contribution is 2.21. The van der Waals surface area contributed by atoms with E-state index in [1.54, 1.807) is 19.9 Å². The summed E-state index contributed by atoms with van der Waals surface area (Å²) in [4.78, 5) is 37.0. The van der Waals surface area contributed by atoms with Gasteiger partial charge < -0.3 is 19.9 Å². The lowest BCUT2D eigenvalue weighted by Crippen LogP contribution is -2.38. The van der Waals surface area contributed by atoms with Crippen molar-refractivity contribution in [3.8, 4) is 0 Å².